The SMILES string of the molecule is Cc1ccc2c(c1)CCCN2S(=O)(=O)CCCCl. The normalized spacial score (nSPS) is 15.6. The summed E-state index contributed by atoms with van der Waals surface area (Å²) in [4.78, 5) is 0. The first-order valence-corrected chi connectivity index (χ1v) is 8.35. The van der Waals surface area contributed by atoms with Crippen LogP contribution in [0.15, 0.2) is 18.2 Å². The van der Waals surface area contributed by atoms with Crippen LogP contribution in [0.5, 0.6) is 0 Å². The van der Waals surface area contributed by atoms with Gasteiger partial charge in [0.1, 0.15) is 0 Å². The number of aryl methyl sites for hydroxylation is 2. The summed E-state index contributed by atoms with van der Waals surface area (Å²) < 4.78 is 26.1. The predicted molar refractivity (Wildman–Crippen MR) is 76.0 cm³/mol. The van der Waals surface area contributed by atoms with E-state index in [1.54, 1.807) is 4.31 Å². The second-order valence-corrected chi connectivity index (χ2v) is 7.06. The maximum Gasteiger partial charge on any atom is 0.235 e. The maximum absolute atomic E-state index is 12.3. The monoisotopic (exact) mass is 287 g/mol. The maximum atomic E-state index is 12.3. The first-order valence-electron chi connectivity index (χ1n) is 6.20. The fraction of sp³-hybridized carbons (Fsp3) is 0.538. The molecule has 0 fully saturated rings. The molecular formula is C13H18ClNO2S. The van der Waals surface area contributed by atoms with Crippen molar-refractivity contribution in [3.8, 4) is 0 Å². The van der Waals surface area contributed by atoms with E-state index in [2.05, 4.69) is 6.07 Å². The Hall–Kier alpha value is -0.740. The summed E-state index contributed by atoms with van der Waals surface area (Å²) in [6, 6.07) is 5.97. The first kappa shape index (κ1) is 13.7. The molecule has 0 aromatic heterocycles. The van der Waals surface area contributed by atoms with E-state index in [0.29, 0.717) is 18.8 Å². The second-order valence-electron chi connectivity index (χ2n) is 4.67. The third kappa shape index (κ3) is 2.81. The fourth-order valence-electron chi connectivity index (χ4n) is 2.33. The van der Waals surface area contributed by atoms with Gasteiger partial charge in [-0.15, -0.1) is 11.6 Å². The topological polar surface area (TPSA) is 37.4 Å². The van der Waals surface area contributed by atoms with Gasteiger partial charge in [-0.2, -0.15) is 0 Å². The van der Waals surface area contributed by atoms with E-state index < -0.39 is 10.0 Å². The van der Waals surface area contributed by atoms with Gasteiger partial charge in [0.15, 0.2) is 0 Å². The summed E-state index contributed by atoms with van der Waals surface area (Å²) in [7, 11) is -3.22. The van der Waals surface area contributed by atoms with E-state index >= 15 is 0 Å². The van der Waals surface area contributed by atoms with Gasteiger partial charge in [0.05, 0.1) is 11.4 Å². The largest absolute Gasteiger partial charge is 0.270 e. The van der Waals surface area contributed by atoms with E-state index in [1.165, 1.54) is 5.56 Å². The van der Waals surface area contributed by atoms with Crippen molar-refractivity contribution in [1.82, 2.24) is 0 Å². The lowest BCUT2D eigenvalue weighted by Crippen LogP contribution is -2.37. The van der Waals surface area contributed by atoms with E-state index in [-0.39, 0.29) is 5.75 Å². The summed E-state index contributed by atoms with van der Waals surface area (Å²) in [6.07, 6.45) is 2.34. The lowest BCUT2D eigenvalue weighted by molar-refractivity contribution is 0.585. The van der Waals surface area contributed by atoms with Crippen molar-refractivity contribution in [3.63, 3.8) is 0 Å². The fourth-order valence-corrected chi connectivity index (χ4v) is 4.23. The number of sulfonamides is 1. The second kappa shape index (κ2) is 5.49. The zero-order chi connectivity index (χ0) is 13.2. The molecular weight excluding hydrogens is 270 g/mol. The number of fused-ring (bicyclic) bond motifs is 1. The summed E-state index contributed by atoms with van der Waals surface area (Å²) in [5, 5.41) is 0. The van der Waals surface area contributed by atoms with Gasteiger partial charge in [-0.05, 0) is 37.8 Å². The summed E-state index contributed by atoms with van der Waals surface area (Å²) in [6.45, 7) is 2.61. The standard InChI is InChI=1S/C13H18ClNO2S/c1-11-5-6-13-12(10-11)4-2-8-15(13)18(16,17)9-3-7-14/h5-6,10H,2-4,7-9H2,1H3. The van der Waals surface area contributed by atoms with Crippen LogP contribution in [-0.4, -0.2) is 26.6 Å². The van der Waals surface area contributed by atoms with Crippen LogP contribution < -0.4 is 4.31 Å². The van der Waals surface area contributed by atoms with Crippen LogP contribution in [0.1, 0.15) is 24.0 Å². The Morgan fingerprint density at radius 1 is 1.39 bits per heavy atom. The molecule has 0 bridgehead atoms. The van der Waals surface area contributed by atoms with Crippen LogP contribution in [0.2, 0.25) is 0 Å². The van der Waals surface area contributed by atoms with E-state index in [4.69, 9.17) is 11.6 Å². The molecule has 0 N–H and O–H groups in total. The van der Waals surface area contributed by atoms with Crippen molar-refractivity contribution < 1.29 is 8.42 Å². The summed E-state index contributed by atoms with van der Waals surface area (Å²) in [5.41, 5.74) is 3.16. The summed E-state index contributed by atoms with van der Waals surface area (Å²) in [5.74, 6) is 0.512. The number of rotatable bonds is 4. The molecule has 0 saturated heterocycles. The average Bonchev–Trinajstić information content (AvgIpc) is 2.35. The lowest BCUT2D eigenvalue weighted by atomic mass is 10.0. The third-order valence-corrected chi connectivity index (χ3v) is 5.31. The van der Waals surface area contributed by atoms with Gasteiger partial charge in [-0.25, -0.2) is 8.42 Å². The van der Waals surface area contributed by atoms with Gasteiger partial charge >= 0.3 is 0 Å². The van der Waals surface area contributed by atoms with Gasteiger partial charge in [-0.1, -0.05) is 17.7 Å². The van der Waals surface area contributed by atoms with Gasteiger partial charge < -0.3 is 0 Å². The van der Waals surface area contributed by atoms with Gasteiger partial charge in [-0.3, -0.25) is 4.31 Å². The molecule has 18 heavy (non-hydrogen) atoms. The molecule has 0 aliphatic carbocycles. The smallest absolute Gasteiger partial charge is 0.235 e. The lowest BCUT2D eigenvalue weighted by Gasteiger charge is -2.30. The number of halogens is 1. The average molecular weight is 288 g/mol. The van der Waals surface area contributed by atoms with Crippen LogP contribution in [0.3, 0.4) is 0 Å². The van der Waals surface area contributed by atoms with Crippen molar-refractivity contribution in [2.24, 2.45) is 0 Å². The first-order chi connectivity index (χ1) is 8.54. The number of benzene rings is 1. The van der Waals surface area contributed by atoms with E-state index in [1.807, 2.05) is 19.1 Å². The van der Waals surface area contributed by atoms with Crippen LogP contribution in [0, 0.1) is 6.92 Å². The zero-order valence-corrected chi connectivity index (χ0v) is 12.1. The number of anilines is 1. The van der Waals surface area contributed by atoms with Crippen molar-refractivity contribution in [2.45, 2.75) is 26.2 Å². The van der Waals surface area contributed by atoms with E-state index in [9.17, 15) is 8.42 Å². The molecule has 1 aromatic rings. The highest BCUT2D eigenvalue weighted by Crippen LogP contribution is 2.30. The number of alkyl halides is 1. The molecule has 0 saturated carbocycles. The quantitative estimate of drug-likeness (QED) is 0.799. The Labute approximate surface area is 114 Å². The minimum atomic E-state index is -3.22. The number of hydrogen-bond acceptors (Lipinski definition) is 2. The summed E-state index contributed by atoms with van der Waals surface area (Å²) >= 11 is 5.58. The van der Waals surface area contributed by atoms with Crippen LogP contribution >= 0.6 is 11.6 Å². The van der Waals surface area contributed by atoms with Crippen molar-refractivity contribution in [2.75, 3.05) is 22.5 Å². The van der Waals surface area contributed by atoms with E-state index in [0.717, 1.165) is 24.1 Å². The molecule has 1 aromatic carbocycles. The highest BCUT2D eigenvalue weighted by atomic mass is 35.5. The molecule has 0 atom stereocenters. The Morgan fingerprint density at radius 2 is 2.17 bits per heavy atom. The molecule has 3 nitrogen and oxygen atoms in total. The Morgan fingerprint density at radius 3 is 2.89 bits per heavy atom. The minimum absolute atomic E-state index is 0.129. The molecule has 1 aliphatic heterocycles. The van der Waals surface area contributed by atoms with Crippen LogP contribution in [0.4, 0.5) is 5.69 Å². The Balaban J connectivity index is 2.33. The zero-order valence-electron chi connectivity index (χ0n) is 10.5. The Bertz CT molecular complexity index is 528. The minimum Gasteiger partial charge on any atom is -0.270 e. The van der Waals surface area contributed by atoms with Crippen molar-refractivity contribution >= 4 is 27.3 Å². The molecule has 0 spiro atoms. The highest BCUT2D eigenvalue weighted by molar-refractivity contribution is 7.92. The molecule has 2 rings (SSSR count). The van der Waals surface area contributed by atoms with Gasteiger partial charge in [0, 0.05) is 12.4 Å². The molecule has 5 heteroatoms. The highest BCUT2D eigenvalue weighted by Gasteiger charge is 2.26. The van der Waals surface area contributed by atoms with Gasteiger partial charge in [0.2, 0.25) is 10.0 Å². The number of hydrogen-bond donors (Lipinski definition) is 0. The third-order valence-electron chi connectivity index (χ3n) is 3.18. The number of nitrogens with zero attached hydrogens (tertiary/aromatic N) is 1. The van der Waals surface area contributed by atoms with Crippen LogP contribution in [0.25, 0.3) is 0 Å². The predicted octanol–water partition coefficient (Wildman–Crippen LogP) is 2.71. The molecule has 100 valence electrons. The molecule has 0 radical (unpaired) electrons. The molecule has 1 aliphatic rings. The molecule has 0 unspecified atom stereocenters. The Kier molecular flexibility index (Phi) is 4.17. The van der Waals surface area contributed by atoms with Crippen LogP contribution in [-0.2, 0) is 16.4 Å². The molecule has 0 amide bonds. The van der Waals surface area contributed by atoms with Gasteiger partial charge in [0.25, 0.3) is 0 Å². The molecule has 1 heterocycles. The van der Waals surface area contributed by atoms with Crippen molar-refractivity contribution in [3.05, 3.63) is 29.3 Å². The van der Waals surface area contributed by atoms with Crippen molar-refractivity contribution in [1.29, 1.82) is 0 Å².